The predicted molar refractivity (Wildman–Crippen MR) is 202 cm³/mol. The van der Waals surface area contributed by atoms with Crippen LogP contribution >= 0.6 is 0 Å². The number of fused-ring (bicyclic) bond motifs is 2. The molecule has 290 valence electrons. The van der Waals surface area contributed by atoms with Crippen molar-refractivity contribution in [3.63, 3.8) is 0 Å². The molecule has 0 spiro atoms. The van der Waals surface area contributed by atoms with Gasteiger partial charge < -0.3 is 15.2 Å². The topological polar surface area (TPSA) is 136 Å². The first-order valence-electron chi connectivity index (χ1n) is 19.0. The molecule has 3 aliphatic heterocycles. The summed E-state index contributed by atoms with van der Waals surface area (Å²) in [5, 5.41) is 5.81. The molecule has 0 unspecified atom stereocenters. The number of piperazine rings is 1. The lowest BCUT2D eigenvalue weighted by molar-refractivity contribution is -0.136. The number of alkyl halides is 3. The maximum atomic E-state index is 13.1. The van der Waals surface area contributed by atoms with E-state index in [0.29, 0.717) is 23.6 Å². The van der Waals surface area contributed by atoms with Gasteiger partial charge in [-0.25, -0.2) is 9.78 Å². The van der Waals surface area contributed by atoms with Gasteiger partial charge in [0.1, 0.15) is 11.7 Å². The second-order valence-electron chi connectivity index (χ2n) is 15.0. The molecule has 3 N–H and O–H groups in total. The zero-order valence-corrected chi connectivity index (χ0v) is 30.7. The number of anilines is 1. The average molecular weight is 759 g/mol. The standard InChI is InChI=1S/C39H45F3N10O3/c1-48-33-19-25(6-9-31(33)52(38(48)55)32-10-11-34(53)46-36(32)54)3-2-14-50-23-28(24-50)51-17-15-49(16-18-51)22-26-4-7-27(8-5-26)29-20-44-35-30(29)21-45-37(47-35)43-13-12-39(40,41)42/h4-9,19-21,28,32H,2-3,10-18,22-24H2,1H3,(H,46,53,54)(H2,43,44,45,47)/t32-/m0/s1. The van der Waals surface area contributed by atoms with Gasteiger partial charge in [-0.1, -0.05) is 30.3 Å². The van der Waals surface area contributed by atoms with Gasteiger partial charge in [0.05, 0.1) is 17.5 Å². The van der Waals surface area contributed by atoms with Gasteiger partial charge in [0.15, 0.2) is 0 Å². The second-order valence-corrected chi connectivity index (χ2v) is 15.0. The third-order valence-corrected chi connectivity index (χ3v) is 11.3. The Kier molecular flexibility index (Phi) is 10.2. The van der Waals surface area contributed by atoms with Crippen LogP contribution in [-0.4, -0.2) is 115 Å². The molecule has 5 aromatic rings. The van der Waals surface area contributed by atoms with Crippen LogP contribution in [0.3, 0.4) is 0 Å². The molecule has 0 saturated carbocycles. The summed E-state index contributed by atoms with van der Waals surface area (Å²) < 4.78 is 40.6. The molecule has 3 saturated heterocycles. The fraction of sp³-hybridized carbons (Fsp3) is 0.462. The number of piperidine rings is 1. The number of aromatic amines is 1. The van der Waals surface area contributed by atoms with E-state index in [0.717, 1.165) is 92.8 Å². The zero-order valence-electron chi connectivity index (χ0n) is 30.7. The zero-order chi connectivity index (χ0) is 38.3. The Morgan fingerprint density at radius 3 is 2.45 bits per heavy atom. The highest BCUT2D eigenvalue weighted by atomic mass is 19.4. The Balaban J connectivity index is 0.764. The normalized spacial score (nSPS) is 19.3. The SMILES string of the molecule is Cn1c(=O)n([C@H]2CCC(=O)NC2=O)c2ccc(CCCN3CC(N4CCN(Cc5ccc(-c6c[nH]c7nc(NCCC(F)(F)F)ncc67)cc5)CC4)C3)cc21. The van der Waals surface area contributed by atoms with Crippen LogP contribution in [0.5, 0.6) is 0 Å². The van der Waals surface area contributed by atoms with E-state index in [1.807, 2.05) is 18.3 Å². The monoisotopic (exact) mass is 758 g/mol. The number of nitrogens with one attached hydrogen (secondary N) is 3. The van der Waals surface area contributed by atoms with Crippen molar-refractivity contribution in [1.82, 2.24) is 44.1 Å². The van der Waals surface area contributed by atoms with Crippen LogP contribution in [0, 0.1) is 0 Å². The minimum Gasteiger partial charge on any atom is -0.354 e. The molecule has 1 atom stereocenters. The van der Waals surface area contributed by atoms with Crippen LogP contribution in [0.2, 0.25) is 0 Å². The van der Waals surface area contributed by atoms with E-state index in [1.54, 1.807) is 17.8 Å². The molecule has 13 nitrogen and oxygen atoms in total. The minimum absolute atomic E-state index is 0.163. The molecule has 55 heavy (non-hydrogen) atoms. The molecule has 2 aromatic carbocycles. The maximum absolute atomic E-state index is 13.1. The summed E-state index contributed by atoms with van der Waals surface area (Å²) in [6, 6.07) is 14.4. The second kappa shape index (κ2) is 15.2. The Labute approximate surface area is 315 Å². The van der Waals surface area contributed by atoms with Gasteiger partial charge in [0.25, 0.3) is 0 Å². The molecule has 3 aromatic heterocycles. The summed E-state index contributed by atoms with van der Waals surface area (Å²) in [5.41, 5.74) is 6.21. The van der Waals surface area contributed by atoms with E-state index >= 15 is 0 Å². The Morgan fingerprint density at radius 1 is 0.945 bits per heavy atom. The van der Waals surface area contributed by atoms with Gasteiger partial charge in [-0.2, -0.15) is 18.2 Å². The summed E-state index contributed by atoms with van der Waals surface area (Å²) >= 11 is 0. The maximum Gasteiger partial charge on any atom is 0.390 e. The van der Waals surface area contributed by atoms with Gasteiger partial charge in [0.2, 0.25) is 17.8 Å². The number of halogens is 3. The fourth-order valence-electron chi connectivity index (χ4n) is 8.14. The number of likely N-dealkylation sites (tertiary alicyclic amines) is 1. The van der Waals surface area contributed by atoms with Crippen LogP contribution in [-0.2, 0) is 29.6 Å². The number of benzene rings is 2. The molecular weight excluding hydrogens is 713 g/mol. The minimum atomic E-state index is -4.23. The number of hydrogen-bond acceptors (Lipinski definition) is 9. The molecule has 0 aliphatic carbocycles. The van der Waals surface area contributed by atoms with Gasteiger partial charge in [-0.3, -0.25) is 33.8 Å². The lowest BCUT2D eigenvalue weighted by Gasteiger charge is -2.48. The van der Waals surface area contributed by atoms with Crippen LogP contribution in [0.15, 0.2) is 59.7 Å². The van der Waals surface area contributed by atoms with Crippen LogP contribution in [0.25, 0.3) is 33.2 Å². The molecule has 2 amide bonds. The lowest BCUT2D eigenvalue weighted by atomic mass is 10.0. The van der Waals surface area contributed by atoms with E-state index in [4.69, 9.17) is 0 Å². The van der Waals surface area contributed by atoms with Crippen molar-refractivity contribution in [2.75, 3.05) is 57.7 Å². The molecule has 8 rings (SSSR count). The van der Waals surface area contributed by atoms with Crippen LogP contribution in [0.1, 0.15) is 42.9 Å². The number of imide groups is 1. The first-order chi connectivity index (χ1) is 26.5. The molecule has 3 fully saturated rings. The summed E-state index contributed by atoms with van der Waals surface area (Å²) in [4.78, 5) is 56.5. The van der Waals surface area contributed by atoms with Crippen molar-refractivity contribution in [2.24, 2.45) is 7.05 Å². The molecule has 0 radical (unpaired) electrons. The average Bonchev–Trinajstić information content (AvgIpc) is 3.67. The number of H-pyrrole nitrogens is 1. The molecular formula is C39H45F3N10O3. The number of carbonyl (C=O) groups is 2. The smallest absolute Gasteiger partial charge is 0.354 e. The number of amides is 2. The summed E-state index contributed by atoms with van der Waals surface area (Å²) in [6.07, 6.45) is 0.784. The van der Waals surface area contributed by atoms with Crippen molar-refractivity contribution < 1.29 is 22.8 Å². The van der Waals surface area contributed by atoms with Gasteiger partial charge in [-0.15, -0.1) is 0 Å². The Morgan fingerprint density at radius 2 is 1.71 bits per heavy atom. The highest BCUT2D eigenvalue weighted by Crippen LogP contribution is 2.29. The number of aryl methyl sites for hydroxylation is 2. The largest absolute Gasteiger partial charge is 0.390 e. The third kappa shape index (κ3) is 8.02. The predicted octanol–water partition coefficient (Wildman–Crippen LogP) is 4.05. The number of imidazole rings is 1. The number of carbonyl (C=O) groups excluding carboxylic acids is 2. The molecule has 16 heteroatoms. The number of rotatable bonds is 12. The lowest BCUT2D eigenvalue weighted by Crippen LogP contribution is -2.62. The van der Waals surface area contributed by atoms with Crippen LogP contribution < -0.4 is 16.3 Å². The highest BCUT2D eigenvalue weighted by Gasteiger charge is 2.34. The molecule has 6 heterocycles. The van der Waals surface area contributed by atoms with Crippen molar-refractivity contribution in [1.29, 1.82) is 0 Å². The number of hydrogen-bond donors (Lipinski definition) is 3. The van der Waals surface area contributed by atoms with E-state index in [-0.39, 0.29) is 30.5 Å². The van der Waals surface area contributed by atoms with Gasteiger partial charge in [-0.05, 0) is 54.6 Å². The van der Waals surface area contributed by atoms with Gasteiger partial charge in [0, 0.05) is 95.2 Å². The molecule has 3 aliphatic rings. The van der Waals surface area contributed by atoms with Crippen LogP contribution in [0.4, 0.5) is 19.1 Å². The summed E-state index contributed by atoms with van der Waals surface area (Å²) in [6.45, 7) is 7.94. The Bertz CT molecular complexity index is 2250. The quantitative estimate of drug-likeness (QED) is 0.161. The summed E-state index contributed by atoms with van der Waals surface area (Å²) in [7, 11) is 1.73. The van der Waals surface area contributed by atoms with E-state index in [2.05, 4.69) is 70.6 Å². The number of aromatic nitrogens is 5. The first kappa shape index (κ1) is 36.9. The van der Waals surface area contributed by atoms with Crippen molar-refractivity contribution in [3.8, 4) is 11.1 Å². The van der Waals surface area contributed by atoms with Crippen molar-refractivity contribution in [3.05, 3.63) is 76.5 Å². The van der Waals surface area contributed by atoms with E-state index < -0.39 is 24.5 Å². The summed E-state index contributed by atoms with van der Waals surface area (Å²) in [5.74, 6) is -0.556. The van der Waals surface area contributed by atoms with E-state index in [9.17, 15) is 27.6 Å². The number of nitrogens with zero attached hydrogens (tertiary/aromatic N) is 7. The van der Waals surface area contributed by atoms with Gasteiger partial charge >= 0.3 is 11.9 Å². The third-order valence-electron chi connectivity index (χ3n) is 11.3. The fourth-order valence-corrected chi connectivity index (χ4v) is 8.14. The Hall–Kier alpha value is -5.06. The van der Waals surface area contributed by atoms with Crippen molar-refractivity contribution in [2.45, 2.75) is 56.9 Å². The van der Waals surface area contributed by atoms with Crippen molar-refractivity contribution >= 4 is 39.8 Å². The van der Waals surface area contributed by atoms with E-state index in [1.165, 1.54) is 10.1 Å². The molecule has 0 bridgehead atoms. The first-order valence-corrected chi connectivity index (χ1v) is 19.0. The highest BCUT2D eigenvalue weighted by molar-refractivity contribution is 6.00.